The molecule has 2 nitrogen and oxygen atoms in total. The van der Waals surface area contributed by atoms with Gasteiger partial charge in [0.05, 0.1) is 0 Å². The topological polar surface area (TPSA) is 21.3 Å². The largest absolute Gasteiger partial charge is 0.381 e. The van der Waals surface area contributed by atoms with Crippen molar-refractivity contribution in [3.05, 3.63) is 0 Å². The van der Waals surface area contributed by atoms with Crippen molar-refractivity contribution in [2.75, 3.05) is 19.8 Å². The molecule has 0 heterocycles. The normalized spacial score (nSPS) is 16.8. The maximum absolute atomic E-state index is 5.64. The van der Waals surface area contributed by atoms with E-state index < -0.39 is 0 Å². The summed E-state index contributed by atoms with van der Waals surface area (Å²) >= 11 is 0. The lowest BCUT2D eigenvalue weighted by Gasteiger charge is -2.11. The van der Waals surface area contributed by atoms with Gasteiger partial charge in [0, 0.05) is 19.3 Å². The van der Waals surface area contributed by atoms with E-state index in [9.17, 15) is 0 Å². The van der Waals surface area contributed by atoms with Crippen molar-refractivity contribution in [1.82, 2.24) is 5.32 Å². The molecule has 102 valence electrons. The van der Waals surface area contributed by atoms with Gasteiger partial charge < -0.3 is 10.1 Å². The molecule has 0 spiro atoms. The first-order valence-electron chi connectivity index (χ1n) is 7.74. The third kappa shape index (κ3) is 8.62. The Bertz CT molecular complexity index is 155. The Morgan fingerprint density at radius 3 is 2.41 bits per heavy atom. The van der Waals surface area contributed by atoms with E-state index in [4.69, 9.17) is 4.74 Å². The van der Waals surface area contributed by atoms with E-state index in [1.54, 1.807) is 0 Å². The van der Waals surface area contributed by atoms with Crippen LogP contribution in [0.3, 0.4) is 0 Å². The summed E-state index contributed by atoms with van der Waals surface area (Å²) < 4.78 is 5.64. The highest BCUT2D eigenvalue weighted by molar-refractivity contribution is 4.72. The van der Waals surface area contributed by atoms with Gasteiger partial charge >= 0.3 is 0 Å². The zero-order valence-corrected chi connectivity index (χ0v) is 11.7. The lowest BCUT2D eigenvalue weighted by molar-refractivity contribution is 0.127. The maximum atomic E-state index is 5.64. The fourth-order valence-electron chi connectivity index (χ4n) is 2.52. The van der Waals surface area contributed by atoms with Crippen LogP contribution in [0.15, 0.2) is 0 Å². The standard InChI is InChI=1S/C15H31NO/c1-2-3-4-5-8-13-17-14-9-12-16-15-10-6-7-11-15/h15-16H,2-14H2,1H3. The van der Waals surface area contributed by atoms with Crippen LogP contribution in [-0.4, -0.2) is 25.8 Å². The minimum atomic E-state index is 0.809. The molecule has 0 aromatic rings. The first-order valence-corrected chi connectivity index (χ1v) is 7.74. The molecular formula is C15H31NO. The Morgan fingerprint density at radius 1 is 0.941 bits per heavy atom. The van der Waals surface area contributed by atoms with Gasteiger partial charge in [0.1, 0.15) is 0 Å². The quantitative estimate of drug-likeness (QED) is 0.554. The molecule has 2 heteroatoms. The van der Waals surface area contributed by atoms with Crippen LogP contribution in [0.2, 0.25) is 0 Å². The zero-order valence-electron chi connectivity index (χ0n) is 11.7. The molecule has 0 radical (unpaired) electrons. The van der Waals surface area contributed by atoms with Crippen LogP contribution < -0.4 is 5.32 Å². The molecule has 1 saturated carbocycles. The molecule has 0 aliphatic heterocycles. The Labute approximate surface area is 108 Å². The molecule has 17 heavy (non-hydrogen) atoms. The van der Waals surface area contributed by atoms with E-state index in [-0.39, 0.29) is 0 Å². The molecule has 0 atom stereocenters. The lowest BCUT2D eigenvalue weighted by atomic mass is 10.2. The van der Waals surface area contributed by atoms with Crippen molar-refractivity contribution in [1.29, 1.82) is 0 Å². The van der Waals surface area contributed by atoms with Crippen LogP contribution in [-0.2, 0) is 4.74 Å². The molecule has 1 N–H and O–H groups in total. The van der Waals surface area contributed by atoms with E-state index >= 15 is 0 Å². The van der Waals surface area contributed by atoms with Crippen molar-refractivity contribution in [3.63, 3.8) is 0 Å². The van der Waals surface area contributed by atoms with Gasteiger partial charge in [0.25, 0.3) is 0 Å². The molecular weight excluding hydrogens is 210 g/mol. The summed E-state index contributed by atoms with van der Waals surface area (Å²) in [6.45, 7) is 5.30. The van der Waals surface area contributed by atoms with Crippen molar-refractivity contribution < 1.29 is 4.74 Å². The molecule has 1 rings (SSSR count). The molecule has 0 aromatic carbocycles. The summed E-state index contributed by atoms with van der Waals surface area (Å²) in [4.78, 5) is 0. The monoisotopic (exact) mass is 241 g/mol. The first-order chi connectivity index (χ1) is 8.43. The van der Waals surface area contributed by atoms with Crippen LogP contribution in [0.25, 0.3) is 0 Å². The van der Waals surface area contributed by atoms with Crippen molar-refractivity contribution >= 4 is 0 Å². The van der Waals surface area contributed by atoms with E-state index in [1.807, 2.05) is 0 Å². The Balaban J connectivity index is 1.69. The van der Waals surface area contributed by atoms with Crippen LogP contribution in [0, 0.1) is 0 Å². The van der Waals surface area contributed by atoms with E-state index in [0.29, 0.717) is 0 Å². The summed E-state index contributed by atoms with van der Waals surface area (Å²) in [6, 6.07) is 0.809. The highest BCUT2D eigenvalue weighted by atomic mass is 16.5. The predicted octanol–water partition coefficient (Wildman–Crippen LogP) is 3.90. The lowest BCUT2D eigenvalue weighted by Crippen LogP contribution is -2.27. The molecule has 0 unspecified atom stereocenters. The second-order valence-electron chi connectivity index (χ2n) is 5.32. The smallest absolute Gasteiger partial charge is 0.0478 e. The van der Waals surface area contributed by atoms with Gasteiger partial charge in [-0.05, 0) is 32.2 Å². The molecule has 1 aliphatic rings. The molecule has 0 saturated heterocycles. The highest BCUT2D eigenvalue weighted by Crippen LogP contribution is 2.17. The third-order valence-electron chi connectivity index (χ3n) is 3.65. The van der Waals surface area contributed by atoms with Gasteiger partial charge in [-0.25, -0.2) is 0 Å². The number of ether oxygens (including phenoxy) is 1. The van der Waals surface area contributed by atoms with E-state index in [0.717, 1.165) is 25.8 Å². The van der Waals surface area contributed by atoms with Crippen LogP contribution in [0.1, 0.15) is 71.1 Å². The first kappa shape index (κ1) is 15.0. The maximum Gasteiger partial charge on any atom is 0.0478 e. The summed E-state index contributed by atoms with van der Waals surface area (Å²) in [6.07, 6.45) is 13.5. The second-order valence-corrected chi connectivity index (χ2v) is 5.32. The summed E-state index contributed by atoms with van der Waals surface area (Å²) in [7, 11) is 0. The molecule has 1 aliphatic carbocycles. The van der Waals surface area contributed by atoms with Gasteiger partial charge in [-0.1, -0.05) is 45.4 Å². The Hall–Kier alpha value is -0.0800. The van der Waals surface area contributed by atoms with Gasteiger partial charge in [-0.3, -0.25) is 0 Å². The number of hydrogen-bond donors (Lipinski definition) is 1. The second kappa shape index (κ2) is 11.0. The van der Waals surface area contributed by atoms with Gasteiger partial charge in [0.15, 0.2) is 0 Å². The molecule has 0 amide bonds. The number of hydrogen-bond acceptors (Lipinski definition) is 2. The van der Waals surface area contributed by atoms with Crippen LogP contribution in [0.5, 0.6) is 0 Å². The van der Waals surface area contributed by atoms with Crippen molar-refractivity contribution in [2.24, 2.45) is 0 Å². The minimum Gasteiger partial charge on any atom is -0.381 e. The van der Waals surface area contributed by atoms with Crippen molar-refractivity contribution in [3.8, 4) is 0 Å². The number of unbranched alkanes of at least 4 members (excludes halogenated alkanes) is 4. The summed E-state index contributed by atoms with van der Waals surface area (Å²) in [5, 5.41) is 3.62. The zero-order chi connectivity index (χ0) is 12.2. The minimum absolute atomic E-state index is 0.809. The van der Waals surface area contributed by atoms with Gasteiger partial charge in [0.2, 0.25) is 0 Å². The average molecular weight is 241 g/mol. The predicted molar refractivity (Wildman–Crippen MR) is 74.5 cm³/mol. The van der Waals surface area contributed by atoms with E-state index in [2.05, 4.69) is 12.2 Å². The Morgan fingerprint density at radius 2 is 1.65 bits per heavy atom. The van der Waals surface area contributed by atoms with Gasteiger partial charge in [-0.15, -0.1) is 0 Å². The van der Waals surface area contributed by atoms with Crippen LogP contribution in [0.4, 0.5) is 0 Å². The van der Waals surface area contributed by atoms with E-state index in [1.165, 1.54) is 64.2 Å². The molecule has 1 fully saturated rings. The average Bonchev–Trinajstić information content (AvgIpc) is 2.85. The van der Waals surface area contributed by atoms with Crippen molar-refractivity contribution in [2.45, 2.75) is 77.2 Å². The van der Waals surface area contributed by atoms with Crippen LogP contribution >= 0.6 is 0 Å². The Kier molecular flexibility index (Phi) is 9.72. The SMILES string of the molecule is CCCCCCCOCCCNC1CCCC1. The fourth-order valence-corrected chi connectivity index (χ4v) is 2.52. The fraction of sp³-hybridized carbons (Fsp3) is 1.00. The molecule has 0 bridgehead atoms. The van der Waals surface area contributed by atoms with Gasteiger partial charge in [-0.2, -0.15) is 0 Å². The number of rotatable bonds is 11. The molecule has 0 aromatic heterocycles. The summed E-state index contributed by atoms with van der Waals surface area (Å²) in [5.74, 6) is 0. The number of nitrogens with one attached hydrogen (secondary N) is 1. The highest BCUT2D eigenvalue weighted by Gasteiger charge is 2.12. The summed E-state index contributed by atoms with van der Waals surface area (Å²) in [5.41, 5.74) is 0. The third-order valence-corrected chi connectivity index (χ3v) is 3.65.